The molecule has 0 saturated heterocycles. The van der Waals surface area contributed by atoms with Gasteiger partial charge in [0.15, 0.2) is 0 Å². The maximum atomic E-state index is 12.6. The molecule has 0 aliphatic carbocycles. The van der Waals surface area contributed by atoms with E-state index in [0.29, 0.717) is 28.5 Å². The molecular formula is C21H21F3N4O3. The molecule has 1 heterocycles. The van der Waals surface area contributed by atoms with E-state index in [4.69, 9.17) is 4.74 Å². The van der Waals surface area contributed by atoms with Crippen LogP contribution in [0.1, 0.15) is 6.92 Å². The smallest absolute Gasteiger partial charge is 0.497 e. The van der Waals surface area contributed by atoms with E-state index in [0.717, 1.165) is 0 Å². The Kier molecular flexibility index (Phi) is 6.81. The SMILES string of the molecule is COc1cccc(Nc2cc(-c3cccc(OC(F)(F)F)c3)nc(N[C@H](C)CO)n2)c1. The fraction of sp³-hybridized carbons (Fsp3) is 0.238. The van der Waals surface area contributed by atoms with Gasteiger partial charge in [-0.05, 0) is 31.2 Å². The number of aliphatic hydroxyl groups is 1. The summed E-state index contributed by atoms with van der Waals surface area (Å²) in [5, 5.41) is 15.4. The number of methoxy groups -OCH3 is 1. The molecule has 0 saturated carbocycles. The maximum absolute atomic E-state index is 12.6. The van der Waals surface area contributed by atoms with Crippen molar-refractivity contribution in [3.8, 4) is 22.8 Å². The van der Waals surface area contributed by atoms with Gasteiger partial charge in [-0.2, -0.15) is 4.98 Å². The van der Waals surface area contributed by atoms with Gasteiger partial charge in [0, 0.05) is 29.4 Å². The highest BCUT2D eigenvalue weighted by molar-refractivity contribution is 5.68. The molecule has 0 radical (unpaired) electrons. The van der Waals surface area contributed by atoms with E-state index in [-0.39, 0.29) is 24.3 Å². The third-order valence-electron chi connectivity index (χ3n) is 4.08. The number of nitrogens with zero attached hydrogens (tertiary/aromatic N) is 2. The molecule has 0 amide bonds. The third-order valence-corrected chi connectivity index (χ3v) is 4.08. The summed E-state index contributed by atoms with van der Waals surface area (Å²) in [6, 6.07) is 13.9. The average molecular weight is 434 g/mol. The number of ether oxygens (including phenoxy) is 2. The van der Waals surface area contributed by atoms with Crippen molar-refractivity contribution in [3.05, 3.63) is 54.6 Å². The summed E-state index contributed by atoms with van der Waals surface area (Å²) in [4.78, 5) is 8.75. The summed E-state index contributed by atoms with van der Waals surface area (Å²) in [6.07, 6.45) is -4.80. The van der Waals surface area contributed by atoms with Gasteiger partial charge < -0.3 is 25.2 Å². The van der Waals surface area contributed by atoms with Crippen molar-refractivity contribution >= 4 is 17.5 Å². The van der Waals surface area contributed by atoms with Crippen molar-refractivity contribution in [2.75, 3.05) is 24.4 Å². The van der Waals surface area contributed by atoms with Gasteiger partial charge in [0.05, 0.1) is 19.4 Å². The summed E-state index contributed by atoms with van der Waals surface area (Å²) >= 11 is 0. The number of anilines is 3. The molecule has 0 bridgehead atoms. The van der Waals surface area contributed by atoms with Crippen LogP contribution in [0.4, 0.5) is 30.6 Å². The minimum Gasteiger partial charge on any atom is -0.497 e. The largest absolute Gasteiger partial charge is 0.573 e. The Morgan fingerprint density at radius 3 is 2.48 bits per heavy atom. The van der Waals surface area contributed by atoms with E-state index < -0.39 is 6.36 Å². The monoisotopic (exact) mass is 434 g/mol. The number of nitrogens with one attached hydrogen (secondary N) is 2. The van der Waals surface area contributed by atoms with Gasteiger partial charge in [0.25, 0.3) is 0 Å². The minimum absolute atomic E-state index is 0.152. The molecule has 0 aliphatic heterocycles. The number of alkyl halides is 3. The van der Waals surface area contributed by atoms with Crippen LogP contribution in [-0.2, 0) is 0 Å². The van der Waals surface area contributed by atoms with Crippen molar-refractivity contribution in [2.24, 2.45) is 0 Å². The van der Waals surface area contributed by atoms with E-state index in [1.807, 2.05) is 6.07 Å². The molecule has 1 aromatic heterocycles. The van der Waals surface area contributed by atoms with Crippen LogP contribution in [0.3, 0.4) is 0 Å². The molecule has 1 atom stereocenters. The summed E-state index contributed by atoms with van der Waals surface area (Å²) in [7, 11) is 1.55. The normalized spacial score (nSPS) is 12.2. The van der Waals surface area contributed by atoms with Gasteiger partial charge >= 0.3 is 6.36 Å². The lowest BCUT2D eigenvalue weighted by atomic mass is 10.1. The Labute approximate surface area is 176 Å². The second-order valence-electron chi connectivity index (χ2n) is 6.62. The second kappa shape index (κ2) is 9.52. The maximum Gasteiger partial charge on any atom is 0.573 e. The molecule has 31 heavy (non-hydrogen) atoms. The first-order chi connectivity index (χ1) is 14.8. The Bertz CT molecular complexity index is 1030. The van der Waals surface area contributed by atoms with E-state index in [2.05, 4.69) is 25.3 Å². The zero-order chi connectivity index (χ0) is 22.4. The summed E-state index contributed by atoms with van der Waals surface area (Å²) in [5.74, 6) is 0.882. The Morgan fingerprint density at radius 1 is 1.03 bits per heavy atom. The van der Waals surface area contributed by atoms with Gasteiger partial charge in [-0.1, -0.05) is 18.2 Å². The highest BCUT2D eigenvalue weighted by Gasteiger charge is 2.31. The average Bonchev–Trinajstić information content (AvgIpc) is 2.72. The van der Waals surface area contributed by atoms with Gasteiger partial charge in [0.2, 0.25) is 5.95 Å². The van der Waals surface area contributed by atoms with Gasteiger partial charge in [0.1, 0.15) is 17.3 Å². The molecule has 3 aromatic rings. The first-order valence-electron chi connectivity index (χ1n) is 9.29. The molecular weight excluding hydrogens is 413 g/mol. The number of aromatic nitrogens is 2. The topological polar surface area (TPSA) is 88.5 Å². The van der Waals surface area contributed by atoms with Crippen LogP contribution < -0.4 is 20.1 Å². The third kappa shape index (κ3) is 6.48. The lowest BCUT2D eigenvalue weighted by molar-refractivity contribution is -0.274. The van der Waals surface area contributed by atoms with Crippen molar-refractivity contribution in [1.29, 1.82) is 0 Å². The van der Waals surface area contributed by atoms with Crippen LogP contribution in [0.2, 0.25) is 0 Å². The van der Waals surface area contributed by atoms with Crippen LogP contribution in [0.5, 0.6) is 11.5 Å². The molecule has 3 N–H and O–H groups in total. The molecule has 3 rings (SSSR count). The van der Waals surface area contributed by atoms with Crippen molar-refractivity contribution in [3.63, 3.8) is 0 Å². The van der Waals surface area contributed by atoms with E-state index in [9.17, 15) is 18.3 Å². The molecule has 2 aromatic carbocycles. The molecule has 0 spiro atoms. The quantitative estimate of drug-likeness (QED) is 0.478. The van der Waals surface area contributed by atoms with Gasteiger partial charge in [-0.15, -0.1) is 13.2 Å². The van der Waals surface area contributed by atoms with Crippen molar-refractivity contribution in [2.45, 2.75) is 19.3 Å². The molecule has 10 heteroatoms. The molecule has 7 nitrogen and oxygen atoms in total. The fourth-order valence-corrected chi connectivity index (χ4v) is 2.69. The lowest BCUT2D eigenvalue weighted by Gasteiger charge is -2.15. The van der Waals surface area contributed by atoms with Crippen molar-refractivity contribution in [1.82, 2.24) is 9.97 Å². The summed E-state index contributed by atoms with van der Waals surface area (Å²) in [5.41, 5.74) is 1.46. The molecule has 0 unspecified atom stereocenters. The van der Waals surface area contributed by atoms with Gasteiger partial charge in [-0.25, -0.2) is 4.98 Å². The van der Waals surface area contributed by atoms with E-state index in [1.54, 1.807) is 44.4 Å². The van der Waals surface area contributed by atoms with Crippen LogP contribution >= 0.6 is 0 Å². The second-order valence-corrected chi connectivity index (χ2v) is 6.62. The van der Waals surface area contributed by atoms with Crippen LogP contribution in [-0.4, -0.2) is 41.2 Å². The zero-order valence-corrected chi connectivity index (χ0v) is 16.8. The predicted molar refractivity (Wildman–Crippen MR) is 111 cm³/mol. The van der Waals surface area contributed by atoms with Crippen LogP contribution in [0.15, 0.2) is 54.6 Å². The number of rotatable bonds is 8. The number of hydrogen-bond donors (Lipinski definition) is 3. The Morgan fingerprint density at radius 2 is 1.77 bits per heavy atom. The predicted octanol–water partition coefficient (Wildman–Crippen LogP) is 4.59. The van der Waals surface area contributed by atoms with E-state index >= 15 is 0 Å². The number of hydrogen-bond acceptors (Lipinski definition) is 7. The fourth-order valence-electron chi connectivity index (χ4n) is 2.69. The highest BCUT2D eigenvalue weighted by Crippen LogP contribution is 2.29. The van der Waals surface area contributed by atoms with E-state index in [1.165, 1.54) is 18.2 Å². The number of halogens is 3. The van der Waals surface area contributed by atoms with Crippen molar-refractivity contribution < 1.29 is 27.8 Å². The zero-order valence-electron chi connectivity index (χ0n) is 16.8. The van der Waals surface area contributed by atoms with Crippen LogP contribution in [0, 0.1) is 0 Å². The molecule has 0 aliphatic rings. The molecule has 0 fully saturated rings. The Balaban J connectivity index is 1.98. The minimum atomic E-state index is -4.80. The first-order valence-corrected chi connectivity index (χ1v) is 9.29. The first kappa shape index (κ1) is 22.2. The highest BCUT2D eigenvalue weighted by atomic mass is 19.4. The standard InChI is InChI=1S/C21H21F3N4O3/c1-13(12-29)25-20-27-18(14-5-3-8-17(9-14)31-21(22,23)24)11-19(28-20)26-15-6-4-7-16(10-15)30-2/h3-11,13,29H,12H2,1-2H3,(H2,25,26,27,28)/t13-/m1/s1. The molecule has 164 valence electrons. The number of aliphatic hydroxyl groups excluding tert-OH is 1. The van der Waals surface area contributed by atoms with Crippen LogP contribution in [0.25, 0.3) is 11.3 Å². The summed E-state index contributed by atoms with van der Waals surface area (Å²) in [6.45, 7) is 1.59. The summed E-state index contributed by atoms with van der Waals surface area (Å²) < 4.78 is 47.0. The lowest BCUT2D eigenvalue weighted by Crippen LogP contribution is -2.21. The van der Waals surface area contributed by atoms with Gasteiger partial charge in [-0.3, -0.25) is 0 Å². The number of benzene rings is 2. The Hall–Kier alpha value is -3.53.